The molecule has 0 saturated heterocycles. The summed E-state index contributed by atoms with van der Waals surface area (Å²) in [5.74, 6) is 2.70. The van der Waals surface area contributed by atoms with E-state index >= 15 is 0 Å². The number of furan rings is 1. The average molecular weight is 300 g/mol. The molecule has 108 valence electrons. The van der Waals surface area contributed by atoms with Crippen LogP contribution in [0.25, 0.3) is 11.4 Å². The fourth-order valence-corrected chi connectivity index (χ4v) is 2.66. The van der Waals surface area contributed by atoms with Crippen molar-refractivity contribution in [2.24, 2.45) is 0 Å². The second-order valence-electron chi connectivity index (χ2n) is 4.54. The summed E-state index contributed by atoms with van der Waals surface area (Å²) in [6, 6.07) is 3.93. The Morgan fingerprint density at radius 3 is 2.76 bits per heavy atom. The van der Waals surface area contributed by atoms with Gasteiger partial charge in [0.25, 0.3) is 0 Å². The van der Waals surface area contributed by atoms with Crippen molar-refractivity contribution in [1.82, 2.24) is 19.5 Å². The van der Waals surface area contributed by atoms with Crippen LogP contribution in [0.3, 0.4) is 0 Å². The Morgan fingerprint density at radius 1 is 1.29 bits per heavy atom. The number of aromatic nitrogens is 4. The lowest BCUT2D eigenvalue weighted by molar-refractivity contribution is 0.448. The lowest BCUT2D eigenvalue weighted by atomic mass is 10.2. The minimum absolute atomic E-state index is 0.0715. The molecular weight excluding hydrogens is 284 g/mol. The molecule has 0 radical (unpaired) electrons. The molecule has 0 spiro atoms. The van der Waals surface area contributed by atoms with Gasteiger partial charge in [-0.15, -0.1) is 0 Å². The Balaban J connectivity index is 1.91. The van der Waals surface area contributed by atoms with E-state index in [9.17, 15) is 0 Å². The van der Waals surface area contributed by atoms with Crippen molar-refractivity contribution in [3.05, 3.63) is 48.9 Å². The Labute approximate surface area is 127 Å². The van der Waals surface area contributed by atoms with Crippen LogP contribution in [0.5, 0.6) is 0 Å². The van der Waals surface area contributed by atoms with E-state index in [2.05, 4.69) is 33.4 Å². The normalized spacial score (nSPS) is 12.5. The van der Waals surface area contributed by atoms with Gasteiger partial charge in [-0.05, 0) is 24.8 Å². The zero-order chi connectivity index (χ0) is 14.7. The van der Waals surface area contributed by atoms with Crippen LogP contribution in [0.15, 0.2) is 52.8 Å². The molecule has 3 aromatic rings. The standard InChI is InChI=1S/C15H16N4OS/c1-3-21-15-17-9-12(10-18-15)14-16-6-7-19(14)11(2)13-5-4-8-20-13/h4-11H,3H2,1-2H3/t11-/m0/s1. The zero-order valence-electron chi connectivity index (χ0n) is 11.9. The molecule has 3 aromatic heterocycles. The first-order chi connectivity index (χ1) is 10.3. The Hall–Kier alpha value is -2.08. The second kappa shape index (κ2) is 6.13. The summed E-state index contributed by atoms with van der Waals surface area (Å²) in [4.78, 5) is 13.2. The molecule has 0 aliphatic heterocycles. The van der Waals surface area contributed by atoms with Gasteiger partial charge >= 0.3 is 0 Å². The molecule has 0 aliphatic rings. The van der Waals surface area contributed by atoms with Gasteiger partial charge in [0.2, 0.25) is 0 Å². The van der Waals surface area contributed by atoms with Crippen LogP contribution < -0.4 is 0 Å². The highest BCUT2D eigenvalue weighted by Crippen LogP contribution is 2.25. The Morgan fingerprint density at radius 2 is 2.10 bits per heavy atom. The summed E-state index contributed by atoms with van der Waals surface area (Å²) in [5, 5.41) is 0.790. The molecule has 5 nitrogen and oxygen atoms in total. The smallest absolute Gasteiger partial charge is 0.187 e. The minimum Gasteiger partial charge on any atom is -0.467 e. The van der Waals surface area contributed by atoms with E-state index in [0.717, 1.165) is 28.1 Å². The van der Waals surface area contributed by atoms with E-state index in [-0.39, 0.29) is 6.04 Å². The van der Waals surface area contributed by atoms with E-state index in [1.807, 2.05) is 30.7 Å². The maximum atomic E-state index is 5.48. The lowest BCUT2D eigenvalue weighted by Crippen LogP contribution is -2.07. The highest BCUT2D eigenvalue weighted by molar-refractivity contribution is 7.99. The van der Waals surface area contributed by atoms with Crippen molar-refractivity contribution in [3.8, 4) is 11.4 Å². The Kier molecular flexibility index (Phi) is 4.06. The van der Waals surface area contributed by atoms with Gasteiger partial charge in [0.05, 0.1) is 17.9 Å². The summed E-state index contributed by atoms with van der Waals surface area (Å²) in [6.07, 6.45) is 9.04. The third kappa shape index (κ3) is 2.85. The van der Waals surface area contributed by atoms with Crippen LogP contribution in [0.1, 0.15) is 25.6 Å². The molecule has 0 aromatic carbocycles. The summed E-state index contributed by atoms with van der Waals surface area (Å²) < 4.78 is 7.54. The maximum Gasteiger partial charge on any atom is 0.187 e. The largest absolute Gasteiger partial charge is 0.467 e. The molecule has 3 heterocycles. The first kappa shape index (κ1) is 13.9. The van der Waals surface area contributed by atoms with Crippen LogP contribution in [0.2, 0.25) is 0 Å². The maximum absolute atomic E-state index is 5.48. The number of rotatable bonds is 5. The fraction of sp³-hybridized carbons (Fsp3) is 0.267. The minimum atomic E-state index is 0.0715. The highest BCUT2D eigenvalue weighted by atomic mass is 32.2. The van der Waals surface area contributed by atoms with Gasteiger partial charge in [-0.2, -0.15) is 0 Å². The van der Waals surface area contributed by atoms with E-state index in [1.165, 1.54) is 0 Å². The van der Waals surface area contributed by atoms with E-state index in [1.54, 1.807) is 24.2 Å². The van der Waals surface area contributed by atoms with Crippen LogP contribution in [0, 0.1) is 0 Å². The molecular formula is C15H16N4OS. The monoisotopic (exact) mass is 300 g/mol. The van der Waals surface area contributed by atoms with Gasteiger partial charge in [0.15, 0.2) is 5.16 Å². The number of nitrogens with zero attached hydrogens (tertiary/aromatic N) is 4. The van der Waals surface area contributed by atoms with Gasteiger partial charge in [-0.3, -0.25) is 0 Å². The van der Waals surface area contributed by atoms with Crippen LogP contribution in [-0.2, 0) is 0 Å². The van der Waals surface area contributed by atoms with E-state index < -0.39 is 0 Å². The van der Waals surface area contributed by atoms with Crippen molar-refractivity contribution >= 4 is 11.8 Å². The fourth-order valence-electron chi connectivity index (χ4n) is 2.15. The number of hydrogen-bond acceptors (Lipinski definition) is 5. The molecule has 21 heavy (non-hydrogen) atoms. The third-order valence-electron chi connectivity index (χ3n) is 3.20. The number of thioether (sulfide) groups is 1. The van der Waals surface area contributed by atoms with Crippen molar-refractivity contribution in [1.29, 1.82) is 0 Å². The predicted molar refractivity (Wildman–Crippen MR) is 82.2 cm³/mol. The quantitative estimate of drug-likeness (QED) is 0.531. The van der Waals surface area contributed by atoms with Gasteiger partial charge in [0, 0.05) is 24.8 Å². The number of hydrogen-bond donors (Lipinski definition) is 0. The molecule has 3 rings (SSSR count). The van der Waals surface area contributed by atoms with Crippen molar-refractivity contribution in [3.63, 3.8) is 0 Å². The molecule has 6 heteroatoms. The molecule has 0 amide bonds. The van der Waals surface area contributed by atoms with Gasteiger partial charge in [-0.1, -0.05) is 18.7 Å². The predicted octanol–water partition coefficient (Wildman–Crippen LogP) is 3.65. The first-order valence-corrected chi connectivity index (χ1v) is 7.79. The second-order valence-corrected chi connectivity index (χ2v) is 5.77. The topological polar surface area (TPSA) is 56.7 Å². The zero-order valence-corrected chi connectivity index (χ0v) is 12.7. The van der Waals surface area contributed by atoms with Crippen molar-refractivity contribution in [2.45, 2.75) is 25.0 Å². The molecule has 1 atom stereocenters. The average Bonchev–Trinajstić information content (AvgIpc) is 3.19. The van der Waals surface area contributed by atoms with E-state index in [4.69, 9.17) is 4.42 Å². The summed E-state index contributed by atoms with van der Waals surface area (Å²) in [7, 11) is 0. The van der Waals surface area contributed by atoms with Gasteiger partial charge < -0.3 is 8.98 Å². The number of imidazole rings is 1. The molecule has 0 bridgehead atoms. The van der Waals surface area contributed by atoms with Gasteiger partial charge in [-0.25, -0.2) is 15.0 Å². The van der Waals surface area contributed by atoms with Gasteiger partial charge in [0.1, 0.15) is 11.6 Å². The first-order valence-electron chi connectivity index (χ1n) is 6.81. The third-order valence-corrected chi connectivity index (χ3v) is 3.96. The lowest BCUT2D eigenvalue weighted by Gasteiger charge is -2.14. The van der Waals surface area contributed by atoms with Crippen molar-refractivity contribution in [2.75, 3.05) is 5.75 Å². The molecule has 0 saturated carbocycles. The molecule has 0 fully saturated rings. The van der Waals surface area contributed by atoms with E-state index in [0.29, 0.717) is 0 Å². The van der Waals surface area contributed by atoms with Crippen LogP contribution in [0.4, 0.5) is 0 Å². The molecule has 0 N–H and O–H groups in total. The Bertz CT molecular complexity index is 691. The summed E-state index contributed by atoms with van der Waals surface area (Å²) in [6.45, 7) is 4.16. The SMILES string of the molecule is CCSc1ncc(-c2nccn2[C@@H](C)c2ccco2)cn1. The summed E-state index contributed by atoms with van der Waals surface area (Å²) >= 11 is 1.63. The highest BCUT2D eigenvalue weighted by Gasteiger charge is 2.16. The van der Waals surface area contributed by atoms with Crippen molar-refractivity contribution < 1.29 is 4.42 Å². The van der Waals surface area contributed by atoms with Crippen LogP contribution >= 0.6 is 11.8 Å². The molecule has 0 aliphatic carbocycles. The van der Waals surface area contributed by atoms with Crippen LogP contribution in [-0.4, -0.2) is 25.3 Å². The molecule has 0 unspecified atom stereocenters. The summed E-state index contributed by atoms with van der Waals surface area (Å²) in [5.41, 5.74) is 0.902.